The minimum Gasteiger partial charge on any atom is -0.467 e. The summed E-state index contributed by atoms with van der Waals surface area (Å²) in [7, 11) is 1.24. The molecule has 1 amide bonds. The number of hydrogen-bond donors (Lipinski definition) is 2. The molecule has 0 radical (unpaired) electrons. The van der Waals surface area contributed by atoms with Gasteiger partial charge in [-0.2, -0.15) is 0 Å². The van der Waals surface area contributed by atoms with Gasteiger partial charge < -0.3 is 25.3 Å². The summed E-state index contributed by atoms with van der Waals surface area (Å²) in [5.41, 5.74) is 9.43. The highest BCUT2D eigenvalue weighted by Gasteiger charge is 2.25. The molecule has 0 aliphatic rings. The number of rotatable bonds is 8. The van der Waals surface area contributed by atoms with Crippen LogP contribution in [0.2, 0.25) is 0 Å². The number of ether oxygens (including phenoxy) is 3. The van der Waals surface area contributed by atoms with Crippen LogP contribution in [0.4, 0.5) is 10.5 Å². The first-order valence-electron chi connectivity index (χ1n) is 9.37. The van der Waals surface area contributed by atoms with E-state index in [0.29, 0.717) is 16.8 Å². The second-order valence-electron chi connectivity index (χ2n) is 6.68. The molecule has 0 spiro atoms. The van der Waals surface area contributed by atoms with Crippen molar-refractivity contribution in [2.45, 2.75) is 39.5 Å². The van der Waals surface area contributed by atoms with Crippen LogP contribution in [0.1, 0.15) is 29.2 Å². The minimum absolute atomic E-state index is 0.00782. The molecule has 2 rings (SSSR count). The van der Waals surface area contributed by atoms with Crippen LogP contribution in [-0.4, -0.2) is 31.2 Å². The fraction of sp³-hybridized carbons (Fsp3) is 0.318. The van der Waals surface area contributed by atoms with Crippen molar-refractivity contribution in [3.05, 3.63) is 64.7 Å². The van der Waals surface area contributed by atoms with Crippen molar-refractivity contribution < 1.29 is 28.6 Å². The molecular formula is C22H26N2O6. The van der Waals surface area contributed by atoms with Crippen LogP contribution < -0.4 is 11.1 Å². The quantitative estimate of drug-likeness (QED) is 0.387. The number of nitrogens with one attached hydrogen (secondary N) is 1. The zero-order chi connectivity index (χ0) is 22.1. The van der Waals surface area contributed by atoms with Gasteiger partial charge in [-0.3, -0.25) is 4.79 Å². The van der Waals surface area contributed by atoms with E-state index < -0.39 is 24.1 Å². The number of anilines is 1. The van der Waals surface area contributed by atoms with E-state index in [4.69, 9.17) is 19.9 Å². The Hall–Kier alpha value is -3.55. The number of esters is 2. The van der Waals surface area contributed by atoms with Gasteiger partial charge in [-0.15, -0.1) is 0 Å². The number of carbonyl (C=O) groups excluding carboxylic acids is 3. The molecule has 0 saturated heterocycles. The van der Waals surface area contributed by atoms with E-state index in [0.717, 1.165) is 11.1 Å². The number of benzene rings is 2. The Bertz CT molecular complexity index is 898. The van der Waals surface area contributed by atoms with Crippen molar-refractivity contribution in [1.82, 2.24) is 5.32 Å². The Morgan fingerprint density at radius 1 is 1.03 bits per heavy atom. The van der Waals surface area contributed by atoms with Crippen LogP contribution in [0.3, 0.4) is 0 Å². The maximum atomic E-state index is 12.3. The first-order valence-corrected chi connectivity index (χ1v) is 9.37. The van der Waals surface area contributed by atoms with E-state index in [2.05, 4.69) is 5.32 Å². The van der Waals surface area contributed by atoms with Crippen LogP contribution in [0.15, 0.2) is 42.5 Å². The van der Waals surface area contributed by atoms with Gasteiger partial charge in [0.25, 0.3) is 0 Å². The Morgan fingerprint density at radius 3 is 2.37 bits per heavy atom. The standard InChI is InChI=1S/C22H26N2O6/c1-14-18(13-29-15(2)25)17(9-10-19(14)23)11-20(21(26)28-3)24-22(27)30-12-16-7-5-4-6-8-16/h4-10,20H,11-13,23H2,1-3H3,(H,24,27)/t20-/m1/s1. The van der Waals surface area contributed by atoms with Gasteiger partial charge >= 0.3 is 18.0 Å². The maximum absolute atomic E-state index is 12.3. The second-order valence-corrected chi connectivity index (χ2v) is 6.68. The molecule has 0 heterocycles. The summed E-state index contributed by atoms with van der Waals surface area (Å²) in [6.07, 6.45) is -0.631. The maximum Gasteiger partial charge on any atom is 0.408 e. The summed E-state index contributed by atoms with van der Waals surface area (Å²) in [5, 5.41) is 2.54. The van der Waals surface area contributed by atoms with Crippen molar-refractivity contribution in [2.75, 3.05) is 12.8 Å². The molecule has 0 aromatic heterocycles. The zero-order valence-electron chi connectivity index (χ0n) is 17.3. The molecule has 8 heteroatoms. The summed E-state index contributed by atoms with van der Waals surface area (Å²) < 4.78 is 15.1. The van der Waals surface area contributed by atoms with Gasteiger partial charge in [-0.25, -0.2) is 9.59 Å². The molecule has 0 bridgehead atoms. The van der Waals surface area contributed by atoms with E-state index in [1.807, 2.05) is 30.3 Å². The third-order valence-electron chi connectivity index (χ3n) is 4.57. The van der Waals surface area contributed by atoms with Crippen molar-refractivity contribution in [2.24, 2.45) is 0 Å². The van der Waals surface area contributed by atoms with Gasteiger partial charge in [0.2, 0.25) is 0 Å². The van der Waals surface area contributed by atoms with E-state index >= 15 is 0 Å². The van der Waals surface area contributed by atoms with Gasteiger partial charge in [-0.05, 0) is 35.2 Å². The van der Waals surface area contributed by atoms with E-state index in [1.165, 1.54) is 14.0 Å². The van der Waals surface area contributed by atoms with Crippen molar-refractivity contribution in [3.8, 4) is 0 Å². The zero-order valence-corrected chi connectivity index (χ0v) is 17.3. The molecule has 0 unspecified atom stereocenters. The third kappa shape index (κ3) is 6.51. The lowest BCUT2D eigenvalue weighted by atomic mass is 9.95. The van der Waals surface area contributed by atoms with Gasteiger partial charge in [0.1, 0.15) is 19.3 Å². The number of nitrogen functional groups attached to an aromatic ring is 1. The molecule has 0 aliphatic carbocycles. The van der Waals surface area contributed by atoms with Crippen LogP contribution in [0.5, 0.6) is 0 Å². The Morgan fingerprint density at radius 2 is 1.73 bits per heavy atom. The number of alkyl carbamates (subject to hydrolysis) is 1. The fourth-order valence-electron chi connectivity index (χ4n) is 2.86. The van der Waals surface area contributed by atoms with Crippen LogP contribution in [0.25, 0.3) is 0 Å². The lowest BCUT2D eigenvalue weighted by Crippen LogP contribution is -2.43. The molecule has 30 heavy (non-hydrogen) atoms. The highest BCUT2D eigenvalue weighted by atomic mass is 16.6. The van der Waals surface area contributed by atoms with E-state index in [-0.39, 0.29) is 19.6 Å². The van der Waals surface area contributed by atoms with Gasteiger partial charge in [0.15, 0.2) is 0 Å². The third-order valence-corrected chi connectivity index (χ3v) is 4.57. The summed E-state index contributed by atoms with van der Waals surface area (Å²) in [5.74, 6) is -1.06. The molecule has 1 atom stereocenters. The van der Waals surface area contributed by atoms with Crippen LogP contribution >= 0.6 is 0 Å². The minimum atomic E-state index is -0.989. The number of carbonyl (C=O) groups is 3. The smallest absolute Gasteiger partial charge is 0.408 e. The normalized spacial score (nSPS) is 11.3. The molecule has 2 aromatic carbocycles. The summed E-state index contributed by atoms with van der Waals surface area (Å²) in [6.45, 7) is 3.18. The van der Waals surface area contributed by atoms with Crippen molar-refractivity contribution >= 4 is 23.7 Å². The lowest BCUT2D eigenvalue weighted by Gasteiger charge is -2.20. The van der Waals surface area contributed by atoms with Gasteiger partial charge in [0, 0.05) is 19.0 Å². The predicted octanol–water partition coefficient (Wildman–Crippen LogP) is 2.65. The molecule has 0 fully saturated rings. The highest BCUT2D eigenvalue weighted by molar-refractivity contribution is 5.81. The fourth-order valence-corrected chi connectivity index (χ4v) is 2.86. The first kappa shape index (κ1) is 22.7. The number of amides is 1. The molecule has 160 valence electrons. The average Bonchev–Trinajstić information content (AvgIpc) is 2.74. The molecular weight excluding hydrogens is 388 g/mol. The van der Waals surface area contributed by atoms with Crippen molar-refractivity contribution in [1.29, 1.82) is 0 Å². The molecule has 3 N–H and O–H groups in total. The Kier molecular flexibility index (Phi) is 8.22. The van der Waals surface area contributed by atoms with Crippen LogP contribution in [-0.2, 0) is 43.4 Å². The SMILES string of the molecule is COC(=O)[C@@H](Cc1ccc(N)c(C)c1COC(C)=O)NC(=O)OCc1ccccc1. The average molecular weight is 414 g/mol. The summed E-state index contributed by atoms with van der Waals surface area (Å²) in [4.78, 5) is 35.7. The second kappa shape index (κ2) is 10.8. The number of nitrogens with two attached hydrogens (primary N) is 1. The molecule has 8 nitrogen and oxygen atoms in total. The molecule has 0 saturated carbocycles. The summed E-state index contributed by atoms with van der Waals surface area (Å²) in [6, 6.07) is 11.6. The highest BCUT2D eigenvalue weighted by Crippen LogP contribution is 2.23. The molecule has 2 aromatic rings. The Balaban J connectivity index is 2.14. The topological polar surface area (TPSA) is 117 Å². The number of hydrogen-bond acceptors (Lipinski definition) is 7. The van der Waals surface area contributed by atoms with Gasteiger partial charge in [0.05, 0.1) is 7.11 Å². The predicted molar refractivity (Wildman–Crippen MR) is 110 cm³/mol. The lowest BCUT2D eigenvalue weighted by molar-refractivity contribution is -0.143. The summed E-state index contributed by atoms with van der Waals surface area (Å²) >= 11 is 0. The number of methoxy groups -OCH3 is 1. The van der Waals surface area contributed by atoms with Crippen LogP contribution in [0, 0.1) is 6.92 Å². The Labute approximate surface area is 175 Å². The monoisotopic (exact) mass is 414 g/mol. The van der Waals surface area contributed by atoms with Gasteiger partial charge in [-0.1, -0.05) is 36.4 Å². The van der Waals surface area contributed by atoms with E-state index in [1.54, 1.807) is 19.1 Å². The van der Waals surface area contributed by atoms with Crippen molar-refractivity contribution in [3.63, 3.8) is 0 Å². The van der Waals surface area contributed by atoms with E-state index in [9.17, 15) is 14.4 Å². The first-order chi connectivity index (χ1) is 14.3. The molecule has 0 aliphatic heterocycles. The largest absolute Gasteiger partial charge is 0.467 e.